The number of hydrogen-bond donors (Lipinski definition) is 1. The second-order valence-electron chi connectivity index (χ2n) is 5.49. The van der Waals surface area contributed by atoms with E-state index in [1.54, 1.807) is 11.3 Å². The van der Waals surface area contributed by atoms with Crippen molar-refractivity contribution in [3.63, 3.8) is 0 Å². The summed E-state index contributed by atoms with van der Waals surface area (Å²) in [4.78, 5) is 0. The number of thiophene rings is 1. The van der Waals surface area contributed by atoms with Crippen LogP contribution in [0.2, 0.25) is 0 Å². The Kier molecular flexibility index (Phi) is 6.48. The average Bonchev–Trinajstić information content (AvgIpc) is 2.79. The maximum atomic E-state index is 3.69. The first kappa shape index (κ1) is 17.2. The number of hydrogen-bond acceptors (Lipinski definition) is 2. The number of nitrogens with one attached hydrogen (secondary N) is 1. The van der Waals surface area contributed by atoms with Gasteiger partial charge in [-0.1, -0.05) is 45.0 Å². The molecule has 1 aromatic carbocycles. The lowest BCUT2D eigenvalue weighted by atomic mass is 9.96. The standard InChI is InChI=1S/C17H21Br2NS/c1-4-9-20-16(14-10-15(18)21-17(14)19)13-7-5-12(6-8-13)11(2)3/h5-8,10-11,16,20H,4,9H2,1-3H3. The molecule has 0 spiro atoms. The molecule has 0 radical (unpaired) electrons. The van der Waals surface area contributed by atoms with E-state index in [2.05, 4.69) is 88.3 Å². The van der Waals surface area contributed by atoms with Crippen LogP contribution in [0, 0.1) is 0 Å². The first-order valence-corrected chi connectivity index (χ1v) is 9.71. The zero-order chi connectivity index (χ0) is 15.4. The second kappa shape index (κ2) is 7.91. The lowest BCUT2D eigenvalue weighted by Crippen LogP contribution is -2.23. The molecule has 21 heavy (non-hydrogen) atoms. The topological polar surface area (TPSA) is 12.0 Å². The molecule has 0 fully saturated rings. The van der Waals surface area contributed by atoms with Crippen LogP contribution in [0.5, 0.6) is 0 Å². The highest BCUT2D eigenvalue weighted by atomic mass is 79.9. The first-order valence-electron chi connectivity index (χ1n) is 7.30. The molecule has 2 rings (SSSR count). The maximum absolute atomic E-state index is 3.69. The third-order valence-corrected chi connectivity index (χ3v) is 5.91. The van der Waals surface area contributed by atoms with Gasteiger partial charge in [0.1, 0.15) is 0 Å². The Bertz CT molecular complexity index is 575. The van der Waals surface area contributed by atoms with E-state index in [1.165, 1.54) is 20.5 Å². The highest BCUT2D eigenvalue weighted by Gasteiger charge is 2.18. The Morgan fingerprint density at radius 2 is 1.71 bits per heavy atom. The number of rotatable bonds is 6. The van der Waals surface area contributed by atoms with Gasteiger partial charge in [0.2, 0.25) is 0 Å². The monoisotopic (exact) mass is 429 g/mol. The van der Waals surface area contributed by atoms with Gasteiger partial charge in [-0.2, -0.15) is 0 Å². The zero-order valence-electron chi connectivity index (χ0n) is 12.6. The largest absolute Gasteiger partial charge is 0.306 e. The Labute approximate surface area is 148 Å². The van der Waals surface area contributed by atoms with Crippen LogP contribution in [-0.4, -0.2) is 6.54 Å². The van der Waals surface area contributed by atoms with Gasteiger partial charge in [-0.25, -0.2) is 0 Å². The van der Waals surface area contributed by atoms with E-state index >= 15 is 0 Å². The van der Waals surface area contributed by atoms with Crippen molar-refractivity contribution in [3.05, 3.63) is 54.6 Å². The molecule has 0 aliphatic rings. The molecular formula is C17H21Br2NS. The molecule has 1 unspecified atom stereocenters. The summed E-state index contributed by atoms with van der Waals surface area (Å²) < 4.78 is 2.35. The molecule has 0 amide bonds. The quantitative estimate of drug-likeness (QED) is 0.552. The van der Waals surface area contributed by atoms with Crippen molar-refractivity contribution in [1.29, 1.82) is 0 Å². The molecule has 2 aromatic rings. The van der Waals surface area contributed by atoms with Crippen LogP contribution in [0.3, 0.4) is 0 Å². The van der Waals surface area contributed by atoms with Crippen molar-refractivity contribution < 1.29 is 0 Å². The van der Waals surface area contributed by atoms with Gasteiger partial charge in [0.15, 0.2) is 0 Å². The van der Waals surface area contributed by atoms with E-state index in [0.717, 1.165) is 16.8 Å². The van der Waals surface area contributed by atoms with Crippen LogP contribution < -0.4 is 5.32 Å². The van der Waals surface area contributed by atoms with Crippen LogP contribution >= 0.6 is 43.2 Å². The Balaban J connectivity index is 2.33. The summed E-state index contributed by atoms with van der Waals surface area (Å²) in [5.41, 5.74) is 4.01. The summed E-state index contributed by atoms with van der Waals surface area (Å²) in [5, 5.41) is 3.66. The van der Waals surface area contributed by atoms with Gasteiger partial charge >= 0.3 is 0 Å². The number of benzene rings is 1. The van der Waals surface area contributed by atoms with E-state index in [9.17, 15) is 0 Å². The molecule has 0 saturated heterocycles. The Hall–Kier alpha value is -0.160. The molecule has 0 saturated carbocycles. The predicted molar refractivity (Wildman–Crippen MR) is 100 cm³/mol. The van der Waals surface area contributed by atoms with Gasteiger partial charge in [0.05, 0.1) is 13.6 Å². The van der Waals surface area contributed by atoms with E-state index in [-0.39, 0.29) is 6.04 Å². The predicted octanol–water partition coefficient (Wildman–Crippen LogP) is 6.49. The molecule has 4 heteroatoms. The minimum absolute atomic E-state index is 0.239. The van der Waals surface area contributed by atoms with Crippen LogP contribution in [0.1, 0.15) is 55.8 Å². The summed E-state index contributed by atoms with van der Waals surface area (Å²) in [6.07, 6.45) is 1.13. The molecule has 0 aliphatic heterocycles. The highest BCUT2D eigenvalue weighted by Crippen LogP contribution is 2.38. The van der Waals surface area contributed by atoms with E-state index in [1.807, 2.05) is 0 Å². The molecule has 0 aliphatic carbocycles. The van der Waals surface area contributed by atoms with Crippen LogP contribution in [0.4, 0.5) is 0 Å². The molecule has 1 N–H and O–H groups in total. The van der Waals surface area contributed by atoms with Crippen LogP contribution in [0.15, 0.2) is 37.9 Å². The molecule has 1 heterocycles. The van der Waals surface area contributed by atoms with E-state index in [0.29, 0.717) is 5.92 Å². The molecule has 114 valence electrons. The van der Waals surface area contributed by atoms with Crippen molar-refractivity contribution >= 4 is 43.2 Å². The lowest BCUT2D eigenvalue weighted by Gasteiger charge is -2.19. The van der Waals surface area contributed by atoms with E-state index < -0.39 is 0 Å². The summed E-state index contributed by atoms with van der Waals surface area (Å²) in [6, 6.07) is 11.4. The lowest BCUT2D eigenvalue weighted by molar-refractivity contribution is 0.598. The summed E-state index contributed by atoms with van der Waals surface area (Å²) >= 11 is 9.00. The maximum Gasteiger partial charge on any atom is 0.0761 e. The zero-order valence-corrected chi connectivity index (χ0v) is 16.6. The molecule has 0 bridgehead atoms. The van der Waals surface area contributed by atoms with Gasteiger partial charge < -0.3 is 5.32 Å². The fourth-order valence-electron chi connectivity index (χ4n) is 2.32. The third-order valence-electron chi connectivity index (χ3n) is 3.53. The number of halogens is 2. The summed E-state index contributed by atoms with van der Waals surface area (Å²) in [6.45, 7) is 7.67. The van der Waals surface area contributed by atoms with Crippen molar-refractivity contribution in [3.8, 4) is 0 Å². The summed E-state index contributed by atoms with van der Waals surface area (Å²) in [7, 11) is 0. The SMILES string of the molecule is CCCNC(c1ccc(C(C)C)cc1)c1cc(Br)sc1Br. The van der Waals surface area contributed by atoms with Gasteiger partial charge in [-0.15, -0.1) is 11.3 Å². The highest BCUT2D eigenvalue weighted by molar-refractivity contribution is 9.12. The molecule has 1 aromatic heterocycles. The normalized spacial score (nSPS) is 12.9. The van der Waals surface area contributed by atoms with Crippen molar-refractivity contribution in [2.75, 3.05) is 6.54 Å². The van der Waals surface area contributed by atoms with Crippen LogP contribution in [0.25, 0.3) is 0 Å². The van der Waals surface area contributed by atoms with Crippen LogP contribution in [-0.2, 0) is 0 Å². The average molecular weight is 431 g/mol. The second-order valence-corrected chi connectivity index (χ2v) is 9.24. The first-order chi connectivity index (χ1) is 10.0. The minimum Gasteiger partial charge on any atom is -0.306 e. The smallest absolute Gasteiger partial charge is 0.0761 e. The fraction of sp³-hybridized carbons (Fsp3) is 0.412. The molecular weight excluding hydrogens is 410 g/mol. The Morgan fingerprint density at radius 3 is 2.19 bits per heavy atom. The fourth-order valence-corrected chi connectivity index (χ4v) is 5.22. The third kappa shape index (κ3) is 4.41. The molecule has 1 nitrogen and oxygen atoms in total. The van der Waals surface area contributed by atoms with Gasteiger partial charge in [-0.3, -0.25) is 0 Å². The Morgan fingerprint density at radius 1 is 1.10 bits per heavy atom. The van der Waals surface area contributed by atoms with Crippen molar-refractivity contribution in [2.45, 2.75) is 39.2 Å². The van der Waals surface area contributed by atoms with E-state index in [4.69, 9.17) is 0 Å². The summed E-state index contributed by atoms with van der Waals surface area (Å²) in [5.74, 6) is 0.572. The van der Waals surface area contributed by atoms with Gasteiger partial charge in [0, 0.05) is 0 Å². The molecule has 1 atom stereocenters. The van der Waals surface area contributed by atoms with Gasteiger partial charge in [0.25, 0.3) is 0 Å². The van der Waals surface area contributed by atoms with Gasteiger partial charge in [-0.05, 0) is 73.5 Å². The van der Waals surface area contributed by atoms with Crippen molar-refractivity contribution in [1.82, 2.24) is 5.32 Å². The minimum atomic E-state index is 0.239. The van der Waals surface area contributed by atoms with Crippen molar-refractivity contribution in [2.24, 2.45) is 0 Å².